The van der Waals surface area contributed by atoms with Gasteiger partial charge in [0.2, 0.25) is 5.91 Å². The third-order valence-corrected chi connectivity index (χ3v) is 4.50. The van der Waals surface area contributed by atoms with Crippen LogP contribution in [0.2, 0.25) is 0 Å². The van der Waals surface area contributed by atoms with Crippen LogP contribution in [0, 0.1) is 6.57 Å². The monoisotopic (exact) mass is 367 g/mol. The maximum absolute atomic E-state index is 13.1. The molecule has 27 heavy (non-hydrogen) atoms. The molecular weight excluding hydrogens is 355 g/mol. The maximum Gasteiger partial charge on any atom is 0.416 e. The molecule has 2 N–H and O–H groups in total. The van der Waals surface area contributed by atoms with Gasteiger partial charge in [-0.2, -0.15) is 13.2 Å². The highest BCUT2D eigenvalue weighted by Gasteiger charge is 2.32. The first kappa shape index (κ1) is 16.9. The van der Waals surface area contributed by atoms with Crippen molar-refractivity contribution >= 4 is 28.6 Å². The number of halogens is 3. The third-order valence-electron chi connectivity index (χ3n) is 4.50. The van der Waals surface area contributed by atoms with Gasteiger partial charge in [-0.25, -0.2) is 4.85 Å². The average molecular weight is 367 g/mol. The lowest BCUT2D eigenvalue weighted by atomic mass is 10.0. The molecule has 1 aliphatic rings. The molecular formula is C20H12F3N3O. The number of H-pyrrole nitrogens is 1. The van der Waals surface area contributed by atoms with E-state index in [1.165, 1.54) is 12.3 Å². The molecule has 1 aliphatic heterocycles. The highest BCUT2D eigenvalue weighted by Crippen LogP contribution is 2.40. The van der Waals surface area contributed by atoms with E-state index < -0.39 is 11.7 Å². The summed E-state index contributed by atoms with van der Waals surface area (Å²) in [7, 11) is 0. The Hall–Kier alpha value is -3.53. The number of fused-ring (bicyclic) bond motifs is 5. The van der Waals surface area contributed by atoms with E-state index in [-0.39, 0.29) is 12.3 Å². The van der Waals surface area contributed by atoms with Crippen molar-refractivity contribution < 1.29 is 18.0 Å². The van der Waals surface area contributed by atoms with E-state index in [4.69, 9.17) is 6.57 Å². The summed E-state index contributed by atoms with van der Waals surface area (Å²) in [5.74, 6) is -0.294. The molecule has 0 unspecified atom stereocenters. The number of amides is 1. The Balaban J connectivity index is 1.97. The van der Waals surface area contributed by atoms with Crippen LogP contribution in [-0.4, -0.2) is 10.9 Å². The average Bonchev–Trinajstić information content (AvgIpc) is 2.90. The molecule has 2 aromatic carbocycles. The molecule has 7 heteroatoms. The molecule has 0 bridgehead atoms. The van der Waals surface area contributed by atoms with E-state index in [2.05, 4.69) is 15.1 Å². The van der Waals surface area contributed by atoms with Crippen LogP contribution < -0.4 is 5.32 Å². The zero-order chi connectivity index (χ0) is 19.2. The number of nitrogens with one attached hydrogen (secondary N) is 2. The number of benzene rings is 2. The minimum atomic E-state index is -4.46. The molecule has 0 saturated heterocycles. The van der Waals surface area contributed by atoms with Gasteiger partial charge < -0.3 is 10.3 Å². The first-order chi connectivity index (χ1) is 12.9. The Kier molecular flexibility index (Phi) is 3.77. The third kappa shape index (κ3) is 2.95. The van der Waals surface area contributed by atoms with Crippen molar-refractivity contribution in [3.63, 3.8) is 0 Å². The second-order valence-corrected chi connectivity index (χ2v) is 6.21. The Morgan fingerprint density at radius 3 is 2.70 bits per heavy atom. The molecule has 0 fully saturated rings. The van der Waals surface area contributed by atoms with Gasteiger partial charge in [0.25, 0.3) is 0 Å². The molecule has 0 aliphatic carbocycles. The fraction of sp³-hybridized carbons (Fsp3) is 0.100. The number of carbonyl (C=O) groups is 1. The first-order valence-corrected chi connectivity index (χ1v) is 8.06. The fourth-order valence-corrected chi connectivity index (χ4v) is 3.30. The zero-order valence-corrected chi connectivity index (χ0v) is 13.8. The minimum Gasteiger partial charge on any atom is -0.354 e. The predicted molar refractivity (Wildman–Crippen MR) is 96.7 cm³/mol. The van der Waals surface area contributed by atoms with Gasteiger partial charge >= 0.3 is 6.18 Å². The van der Waals surface area contributed by atoms with Crippen LogP contribution in [0.1, 0.15) is 16.7 Å². The summed E-state index contributed by atoms with van der Waals surface area (Å²) in [4.78, 5) is 18.6. The summed E-state index contributed by atoms with van der Waals surface area (Å²) in [5.41, 5.74) is 2.91. The fourth-order valence-electron chi connectivity index (χ4n) is 3.30. The number of carbonyl (C=O) groups excluding carboxylic acids is 1. The lowest BCUT2D eigenvalue weighted by molar-refractivity contribution is -0.137. The Morgan fingerprint density at radius 1 is 1.15 bits per heavy atom. The first-order valence-electron chi connectivity index (χ1n) is 8.06. The van der Waals surface area contributed by atoms with Gasteiger partial charge in [0.05, 0.1) is 29.9 Å². The van der Waals surface area contributed by atoms with Crippen LogP contribution in [0.3, 0.4) is 0 Å². The van der Waals surface area contributed by atoms with Crippen molar-refractivity contribution in [3.05, 3.63) is 70.7 Å². The topological polar surface area (TPSA) is 49.2 Å². The predicted octanol–water partition coefficient (Wildman–Crippen LogP) is 5.24. The van der Waals surface area contributed by atoms with Gasteiger partial charge in [-0.1, -0.05) is 12.1 Å². The van der Waals surface area contributed by atoms with Crippen molar-refractivity contribution in [2.75, 3.05) is 5.32 Å². The Morgan fingerprint density at radius 2 is 1.96 bits per heavy atom. The second kappa shape index (κ2) is 6.02. The number of aromatic amines is 1. The van der Waals surface area contributed by atoms with Crippen molar-refractivity contribution in [1.82, 2.24) is 4.98 Å². The smallest absolute Gasteiger partial charge is 0.354 e. The second-order valence-electron chi connectivity index (χ2n) is 6.21. The molecule has 0 spiro atoms. The zero-order valence-electron chi connectivity index (χ0n) is 13.8. The van der Waals surface area contributed by atoms with Gasteiger partial charge in [-0.05, 0) is 41.5 Å². The quantitative estimate of drug-likeness (QED) is 0.568. The van der Waals surface area contributed by atoms with E-state index in [9.17, 15) is 18.0 Å². The van der Waals surface area contributed by atoms with Crippen LogP contribution in [0.4, 0.5) is 18.9 Å². The lowest BCUT2D eigenvalue weighted by Crippen LogP contribution is -2.12. The van der Waals surface area contributed by atoms with Crippen molar-refractivity contribution in [1.29, 1.82) is 0 Å². The normalized spacial score (nSPS) is 13.8. The molecule has 1 aromatic heterocycles. The summed E-state index contributed by atoms with van der Waals surface area (Å²) < 4.78 is 39.3. The van der Waals surface area contributed by atoms with Crippen LogP contribution in [-0.2, 0) is 17.4 Å². The molecule has 0 atom stereocenters. The number of hydrogen-bond donors (Lipinski definition) is 2. The number of nitrogens with zero attached hydrogens (tertiary/aromatic N) is 1. The minimum absolute atomic E-state index is 0.0292. The van der Waals surface area contributed by atoms with Gasteiger partial charge in [0, 0.05) is 16.5 Å². The van der Waals surface area contributed by atoms with E-state index in [1.807, 2.05) is 0 Å². The van der Waals surface area contributed by atoms with Crippen molar-refractivity contribution in [3.8, 4) is 11.3 Å². The lowest BCUT2D eigenvalue weighted by Gasteiger charge is -2.08. The summed E-state index contributed by atoms with van der Waals surface area (Å²) in [6.45, 7) is 6.85. The van der Waals surface area contributed by atoms with Crippen LogP contribution >= 0.6 is 0 Å². The number of anilines is 1. The van der Waals surface area contributed by atoms with Crippen LogP contribution in [0.15, 0.2) is 42.6 Å². The molecule has 1 amide bonds. The van der Waals surface area contributed by atoms with Gasteiger partial charge in [0.15, 0.2) is 6.20 Å². The maximum atomic E-state index is 13.1. The Labute approximate surface area is 152 Å². The van der Waals surface area contributed by atoms with Gasteiger partial charge in [0.1, 0.15) is 0 Å². The summed E-state index contributed by atoms with van der Waals surface area (Å²) in [5, 5.41) is 3.16. The number of hydrogen-bond acceptors (Lipinski definition) is 1. The molecule has 134 valence electrons. The Bertz CT molecular complexity index is 1150. The van der Waals surface area contributed by atoms with Crippen molar-refractivity contribution in [2.45, 2.75) is 12.6 Å². The van der Waals surface area contributed by atoms with Crippen molar-refractivity contribution in [2.24, 2.45) is 0 Å². The molecule has 3 aromatic rings. The number of aromatic nitrogens is 1. The van der Waals surface area contributed by atoms with Crippen LogP contribution in [0.5, 0.6) is 0 Å². The number of alkyl halides is 3. The summed E-state index contributed by atoms with van der Waals surface area (Å²) in [6, 6.07) is 8.75. The highest BCUT2D eigenvalue weighted by atomic mass is 19.4. The number of rotatable bonds is 1. The van der Waals surface area contributed by atoms with E-state index in [0.29, 0.717) is 33.4 Å². The largest absolute Gasteiger partial charge is 0.416 e. The molecule has 4 rings (SSSR count). The van der Waals surface area contributed by atoms with Crippen LogP contribution in [0.25, 0.3) is 33.1 Å². The van der Waals surface area contributed by atoms with Gasteiger partial charge in [-0.3, -0.25) is 4.79 Å². The van der Waals surface area contributed by atoms with E-state index in [1.54, 1.807) is 24.3 Å². The van der Waals surface area contributed by atoms with E-state index in [0.717, 1.165) is 17.7 Å². The van der Waals surface area contributed by atoms with E-state index >= 15 is 0 Å². The summed E-state index contributed by atoms with van der Waals surface area (Å²) in [6.07, 6.45) is -1.54. The van der Waals surface area contributed by atoms with Gasteiger partial charge in [-0.15, -0.1) is 0 Å². The molecule has 4 nitrogen and oxygen atoms in total. The molecule has 0 radical (unpaired) electrons. The summed E-state index contributed by atoms with van der Waals surface area (Å²) >= 11 is 0. The SMILES string of the molecule is [C-]#[N+]/C=C/c1ccc2c(c1)-c1[nH]c3ccc(C(F)(F)F)cc3c1CC(=O)N2. The standard InChI is InChI=1S/C20H12F3N3O/c1-24-7-6-11-2-4-17-15(8-11)19-14(10-18(27)25-17)13-9-12(20(21,22)23)3-5-16(13)26-19/h2-9,26H,10H2,(H,25,27)/b7-6+. The molecule has 0 saturated carbocycles. The molecule has 2 heterocycles. The highest BCUT2D eigenvalue weighted by molar-refractivity contribution is 6.05.